The number of nitrogens with one attached hydrogen (secondary N) is 2. The number of hydrogen-bond donors (Lipinski definition) is 2. The number of aromatic nitrogens is 2. The van der Waals surface area contributed by atoms with E-state index in [0.29, 0.717) is 5.52 Å². The molecule has 0 aliphatic heterocycles. The summed E-state index contributed by atoms with van der Waals surface area (Å²) in [6.07, 6.45) is 2.34. The van der Waals surface area contributed by atoms with Crippen molar-refractivity contribution in [3.05, 3.63) is 68.8 Å². The molecule has 0 bridgehead atoms. The van der Waals surface area contributed by atoms with E-state index in [1.165, 1.54) is 30.6 Å². The summed E-state index contributed by atoms with van der Waals surface area (Å²) in [7, 11) is -3.28. The summed E-state index contributed by atoms with van der Waals surface area (Å²) in [5.74, 6) is 0. The number of aromatic amines is 1. The number of H-pyrrole nitrogens is 1. The lowest BCUT2D eigenvalue weighted by Crippen LogP contribution is -2.09. The zero-order valence-corrected chi connectivity index (χ0v) is 14.4. The number of rotatable bonds is 5. The van der Waals surface area contributed by atoms with Crippen molar-refractivity contribution in [1.82, 2.24) is 9.97 Å². The van der Waals surface area contributed by atoms with E-state index in [2.05, 4.69) is 15.3 Å². The van der Waals surface area contributed by atoms with Gasteiger partial charge in [-0.05, 0) is 23.8 Å². The Hall–Kier alpha value is -3.27. The molecule has 1 aromatic heterocycles. The van der Waals surface area contributed by atoms with Crippen molar-refractivity contribution in [1.29, 1.82) is 0 Å². The van der Waals surface area contributed by atoms with Crippen molar-refractivity contribution >= 4 is 32.1 Å². The Balaban J connectivity index is 1.92. The Morgan fingerprint density at radius 2 is 1.92 bits per heavy atom. The van der Waals surface area contributed by atoms with Gasteiger partial charge in [-0.3, -0.25) is 14.9 Å². The molecular weight excluding hydrogens is 360 g/mol. The third-order valence-corrected chi connectivity index (χ3v) is 4.92. The van der Waals surface area contributed by atoms with Crippen molar-refractivity contribution in [3.63, 3.8) is 0 Å². The van der Waals surface area contributed by atoms with Crippen LogP contribution in [0, 0.1) is 10.1 Å². The number of benzene rings is 2. The van der Waals surface area contributed by atoms with Crippen LogP contribution in [-0.4, -0.2) is 29.6 Å². The molecule has 0 spiro atoms. The van der Waals surface area contributed by atoms with E-state index >= 15 is 0 Å². The topological polar surface area (TPSA) is 135 Å². The molecule has 0 atom stereocenters. The number of sulfone groups is 1. The fraction of sp³-hybridized carbons (Fsp3) is 0.125. The van der Waals surface area contributed by atoms with Crippen LogP contribution in [0.4, 0.5) is 11.4 Å². The second-order valence-corrected chi connectivity index (χ2v) is 7.66. The maximum absolute atomic E-state index is 11.8. The molecule has 134 valence electrons. The first-order chi connectivity index (χ1) is 12.3. The second-order valence-electron chi connectivity index (χ2n) is 5.64. The maximum atomic E-state index is 11.8. The molecule has 0 fully saturated rings. The minimum absolute atomic E-state index is 0.127. The molecule has 10 heteroatoms. The predicted molar refractivity (Wildman–Crippen MR) is 95.9 cm³/mol. The monoisotopic (exact) mass is 374 g/mol. The van der Waals surface area contributed by atoms with Gasteiger partial charge in [-0.2, -0.15) is 0 Å². The summed E-state index contributed by atoms with van der Waals surface area (Å²) >= 11 is 0. The average molecular weight is 374 g/mol. The molecule has 1 heterocycles. The van der Waals surface area contributed by atoms with Gasteiger partial charge in [0, 0.05) is 18.9 Å². The quantitative estimate of drug-likeness (QED) is 0.514. The first-order valence-corrected chi connectivity index (χ1v) is 9.33. The lowest BCUT2D eigenvalue weighted by molar-refractivity contribution is -0.383. The minimum atomic E-state index is -3.28. The van der Waals surface area contributed by atoms with Gasteiger partial charge in [0.1, 0.15) is 5.69 Å². The molecule has 2 aromatic carbocycles. The van der Waals surface area contributed by atoms with Crippen LogP contribution in [0.2, 0.25) is 0 Å². The number of anilines is 1. The summed E-state index contributed by atoms with van der Waals surface area (Å²) in [6, 6.07) is 8.81. The van der Waals surface area contributed by atoms with Gasteiger partial charge in [0.25, 0.3) is 11.2 Å². The van der Waals surface area contributed by atoms with E-state index < -0.39 is 20.3 Å². The molecule has 0 amide bonds. The SMILES string of the molecule is CS(=O)(=O)c1ccc(CNc2cc3nc[nH]c(=O)c3cc2[N+](=O)[O-])cc1. The first kappa shape index (κ1) is 17.5. The van der Waals surface area contributed by atoms with Crippen LogP contribution in [0.15, 0.2) is 52.4 Å². The van der Waals surface area contributed by atoms with Crippen molar-refractivity contribution < 1.29 is 13.3 Å². The minimum Gasteiger partial charge on any atom is -0.375 e. The van der Waals surface area contributed by atoms with E-state index in [9.17, 15) is 23.3 Å². The van der Waals surface area contributed by atoms with E-state index in [1.807, 2.05) is 0 Å². The lowest BCUT2D eigenvalue weighted by atomic mass is 10.1. The molecule has 0 unspecified atom stereocenters. The van der Waals surface area contributed by atoms with Gasteiger partial charge in [-0.1, -0.05) is 12.1 Å². The fourth-order valence-electron chi connectivity index (χ4n) is 2.45. The molecule has 0 saturated heterocycles. The van der Waals surface area contributed by atoms with E-state index in [4.69, 9.17) is 0 Å². The lowest BCUT2D eigenvalue weighted by Gasteiger charge is -2.09. The van der Waals surface area contributed by atoms with Gasteiger partial charge in [-0.25, -0.2) is 13.4 Å². The van der Waals surface area contributed by atoms with Gasteiger partial charge in [0.05, 0.1) is 27.0 Å². The Labute approximate surface area is 147 Å². The summed E-state index contributed by atoms with van der Waals surface area (Å²) in [6.45, 7) is 0.236. The standard InChI is InChI=1S/C16H14N4O5S/c1-26(24,25)11-4-2-10(3-5-11)8-17-14-7-13-12(6-15(14)20(22)23)16(21)19-9-18-13/h2-7,9,17H,8H2,1H3,(H,18,19,21). The maximum Gasteiger partial charge on any atom is 0.293 e. The zero-order valence-electron chi connectivity index (χ0n) is 13.6. The normalized spacial score (nSPS) is 11.4. The summed E-state index contributed by atoms with van der Waals surface area (Å²) in [5.41, 5.74) is 0.581. The molecule has 0 aliphatic rings. The third-order valence-electron chi connectivity index (χ3n) is 3.79. The highest BCUT2D eigenvalue weighted by Gasteiger charge is 2.17. The summed E-state index contributed by atoms with van der Waals surface area (Å²) in [5, 5.41) is 14.4. The molecule has 0 radical (unpaired) electrons. The van der Waals surface area contributed by atoms with Gasteiger partial charge in [0.15, 0.2) is 9.84 Å². The number of nitro groups is 1. The fourth-order valence-corrected chi connectivity index (χ4v) is 3.08. The van der Waals surface area contributed by atoms with Gasteiger partial charge in [0.2, 0.25) is 0 Å². The molecule has 0 aliphatic carbocycles. The van der Waals surface area contributed by atoms with E-state index in [0.717, 1.165) is 11.8 Å². The molecule has 26 heavy (non-hydrogen) atoms. The molecular formula is C16H14N4O5S. The molecule has 9 nitrogen and oxygen atoms in total. The van der Waals surface area contributed by atoms with E-state index in [1.54, 1.807) is 12.1 Å². The third kappa shape index (κ3) is 3.54. The van der Waals surface area contributed by atoms with Crippen LogP contribution < -0.4 is 10.9 Å². The zero-order chi connectivity index (χ0) is 18.9. The highest BCUT2D eigenvalue weighted by molar-refractivity contribution is 7.90. The second kappa shape index (κ2) is 6.56. The Morgan fingerprint density at radius 3 is 2.54 bits per heavy atom. The van der Waals surface area contributed by atoms with Crippen LogP contribution in [0.3, 0.4) is 0 Å². The van der Waals surface area contributed by atoms with Gasteiger partial charge < -0.3 is 10.3 Å². The summed E-state index contributed by atoms with van der Waals surface area (Å²) in [4.78, 5) is 29.1. The number of fused-ring (bicyclic) bond motifs is 1. The predicted octanol–water partition coefficient (Wildman–Crippen LogP) is 1.85. The van der Waals surface area contributed by atoms with Gasteiger partial charge >= 0.3 is 0 Å². The number of nitro benzene ring substituents is 1. The molecule has 3 aromatic rings. The summed E-state index contributed by atoms with van der Waals surface area (Å²) < 4.78 is 22.9. The van der Waals surface area contributed by atoms with Crippen molar-refractivity contribution in [2.45, 2.75) is 11.4 Å². The number of hydrogen-bond acceptors (Lipinski definition) is 7. The van der Waals surface area contributed by atoms with Crippen molar-refractivity contribution in [2.24, 2.45) is 0 Å². The Morgan fingerprint density at radius 1 is 1.23 bits per heavy atom. The highest BCUT2D eigenvalue weighted by atomic mass is 32.2. The Kier molecular flexibility index (Phi) is 4.43. The first-order valence-electron chi connectivity index (χ1n) is 7.44. The Bertz CT molecular complexity index is 1150. The highest BCUT2D eigenvalue weighted by Crippen LogP contribution is 2.28. The molecule has 3 rings (SSSR count). The van der Waals surface area contributed by atoms with Crippen molar-refractivity contribution in [2.75, 3.05) is 11.6 Å². The number of nitrogens with zero attached hydrogens (tertiary/aromatic N) is 2. The molecule has 0 saturated carbocycles. The van der Waals surface area contributed by atoms with E-state index in [-0.39, 0.29) is 28.2 Å². The van der Waals surface area contributed by atoms with Crippen LogP contribution in [0.1, 0.15) is 5.56 Å². The van der Waals surface area contributed by atoms with Crippen LogP contribution in [0.5, 0.6) is 0 Å². The van der Waals surface area contributed by atoms with Crippen LogP contribution in [0.25, 0.3) is 10.9 Å². The van der Waals surface area contributed by atoms with Crippen LogP contribution >= 0.6 is 0 Å². The largest absolute Gasteiger partial charge is 0.375 e. The smallest absolute Gasteiger partial charge is 0.293 e. The average Bonchev–Trinajstić information content (AvgIpc) is 2.59. The van der Waals surface area contributed by atoms with Gasteiger partial charge in [-0.15, -0.1) is 0 Å². The van der Waals surface area contributed by atoms with Crippen molar-refractivity contribution in [3.8, 4) is 0 Å². The van der Waals surface area contributed by atoms with Crippen LogP contribution in [-0.2, 0) is 16.4 Å². The molecule has 2 N–H and O–H groups in total.